The molecule has 1 aromatic rings. The summed E-state index contributed by atoms with van der Waals surface area (Å²) in [4.78, 5) is 17.3. The Hall–Kier alpha value is -1.03. The summed E-state index contributed by atoms with van der Waals surface area (Å²) in [5, 5.41) is -0.00553. The van der Waals surface area contributed by atoms with Gasteiger partial charge in [-0.3, -0.25) is 4.79 Å². The fourth-order valence-corrected chi connectivity index (χ4v) is 0.914. The van der Waals surface area contributed by atoms with Crippen molar-refractivity contribution in [3.63, 3.8) is 0 Å². The van der Waals surface area contributed by atoms with Crippen LogP contribution in [0.1, 0.15) is 27.2 Å². The highest BCUT2D eigenvalue weighted by Gasteiger charge is 2.20. The average molecular weight is 217 g/mol. The van der Waals surface area contributed by atoms with Crippen molar-refractivity contribution in [3.8, 4) is 5.88 Å². The van der Waals surface area contributed by atoms with Crippen LogP contribution in [0.15, 0.2) is 11.1 Å². The van der Waals surface area contributed by atoms with Crippen molar-refractivity contribution in [3.05, 3.63) is 21.7 Å². The highest BCUT2D eigenvalue weighted by molar-refractivity contribution is 6.31. The zero-order valence-corrected chi connectivity index (χ0v) is 9.18. The van der Waals surface area contributed by atoms with E-state index in [1.54, 1.807) is 0 Å². The van der Waals surface area contributed by atoms with Crippen molar-refractivity contribution in [1.29, 1.82) is 0 Å². The standard InChI is InChI=1S/C9H13ClN2O2/c1-4-9(2,3)14-8-6(10)7(13)11-5-12-8/h5H,4H2,1-3H3,(H,11,12,13). The summed E-state index contributed by atoms with van der Waals surface area (Å²) >= 11 is 5.72. The number of halogens is 1. The Morgan fingerprint density at radius 2 is 2.29 bits per heavy atom. The lowest BCUT2D eigenvalue weighted by atomic mass is 10.1. The van der Waals surface area contributed by atoms with Crippen LogP contribution in [-0.2, 0) is 0 Å². The molecule has 0 unspecified atom stereocenters. The van der Waals surface area contributed by atoms with Crippen LogP contribution in [-0.4, -0.2) is 15.6 Å². The topological polar surface area (TPSA) is 55.0 Å². The van der Waals surface area contributed by atoms with Crippen LogP contribution in [0.3, 0.4) is 0 Å². The fourth-order valence-electron chi connectivity index (χ4n) is 0.772. The normalized spacial score (nSPS) is 11.4. The second kappa shape index (κ2) is 4.00. The molecule has 0 aliphatic rings. The molecule has 0 aliphatic heterocycles. The van der Waals surface area contributed by atoms with Gasteiger partial charge in [-0.05, 0) is 20.3 Å². The number of nitrogens with zero attached hydrogens (tertiary/aromatic N) is 1. The Balaban J connectivity index is 2.98. The van der Waals surface area contributed by atoms with Gasteiger partial charge in [0.2, 0.25) is 5.88 Å². The summed E-state index contributed by atoms with van der Waals surface area (Å²) < 4.78 is 5.50. The van der Waals surface area contributed by atoms with Crippen molar-refractivity contribution in [1.82, 2.24) is 9.97 Å². The Morgan fingerprint density at radius 3 is 2.86 bits per heavy atom. The smallest absolute Gasteiger partial charge is 0.273 e. The molecule has 1 N–H and O–H groups in total. The maximum atomic E-state index is 11.1. The molecular formula is C9H13ClN2O2. The third kappa shape index (κ3) is 2.48. The highest BCUT2D eigenvalue weighted by atomic mass is 35.5. The lowest BCUT2D eigenvalue weighted by molar-refractivity contribution is 0.0988. The van der Waals surface area contributed by atoms with E-state index >= 15 is 0 Å². The summed E-state index contributed by atoms with van der Waals surface area (Å²) in [6, 6.07) is 0. The molecule has 0 saturated heterocycles. The van der Waals surface area contributed by atoms with Crippen LogP contribution in [0, 0.1) is 0 Å². The number of aromatic amines is 1. The summed E-state index contributed by atoms with van der Waals surface area (Å²) in [5.74, 6) is 0.183. The van der Waals surface area contributed by atoms with Crippen LogP contribution in [0.5, 0.6) is 5.88 Å². The van der Waals surface area contributed by atoms with Crippen LogP contribution in [0.2, 0.25) is 5.02 Å². The third-order valence-electron chi connectivity index (χ3n) is 1.99. The molecule has 5 heteroatoms. The molecular weight excluding hydrogens is 204 g/mol. The van der Waals surface area contributed by atoms with E-state index in [0.29, 0.717) is 0 Å². The van der Waals surface area contributed by atoms with Crippen molar-refractivity contribution in [2.45, 2.75) is 32.8 Å². The van der Waals surface area contributed by atoms with Gasteiger partial charge in [-0.1, -0.05) is 18.5 Å². The van der Waals surface area contributed by atoms with E-state index in [9.17, 15) is 4.79 Å². The van der Waals surface area contributed by atoms with Crippen LogP contribution in [0.4, 0.5) is 0 Å². The minimum atomic E-state index is -0.386. The number of rotatable bonds is 3. The van der Waals surface area contributed by atoms with Gasteiger partial charge in [0.15, 0.2) is 5.02 Å². The molecule has 0 spiro atoms. The van der Waals surface area contributed by atoms with E-state index in [1.807, 2.05) is 20.8 Å². The minimum Gasteiger partial charge on any atom is -0.470 e. The number of hydrogen-bond donors (Lipinski definition) is 1. The summed E-state index contributed by atoms with van der Waals surface area (Å²) in [6.45, 7) is 5.81. The lowest BCUT2D eigenvalue weighted by Crippen LogP contribution is -2.28. The molecule has 0 aliphatic carbocycles. The number of H-pyrrole nitrogens is 1. The Bertz CT molecular complexity index is 373. The SMILES string of the molecule is CCC(C)(C)Oc1nc[nH]c(=O)c1Cl. The first-order valence-corrected chi connectivity index (χ1v) is 4.76. The number of hydrogen-bond acceptors (Lipinski definition) is 3. The molecule has 0 amide bonds. The molecule has 1 aromatic heterocycles. The van der Waals surface area contributed by atoms with Gasteiger partial charge in [-0.25, -0.2) is 4.98 Å². The van der Waals surface area contributed by atoms with Crippen molar-refractivity contribution < 1.29 is 4.74 Å². The van der Waals surface area contributed by atoms with Crippen LogP contribution in [0.25, 0.3) is 0 Å². The van der Waals surface area contributed by atoms with Gasteiger partial charge < -0.3 is 9.72 Å². The van der Waals surface area contributed by atoms with E-state index in [1.165, 1.54) is 6.33 Å². The van der Waals surface area contributed by atoms with E-state index in [4.69, 9.17) is 16.3 Å². The molecule has 14 heavy (non-hydrogen) atoms. The molecule has 0 atom stereocenters. The van der Waals surface area contributed by atoms with Gasteiger partial charge in [-0.15, -0.1) is 0 Å². The van der Waals surface area contributed by atoms with Crippen LogP contribution < -0.4 is 10.3 Å². The molecule has 0 aromatic carbocycles. The number of ether oxygens (including phenoxy) is 1. The lowest BCUT2D eigenvalue weighted by Gasteiger charge is -2.23. The summed E-state index contributed by atoms with van der Waals surface area (Å²) in [6.07, 6.45) is 2.08. The zero-order valence-electron chi connectivity index (χ0n) is 8.43. The zero-order chi connectivity index (χ0) is 10.8. The minimum absolute atomic E-state index is 0.00553. The number of nitrogens with one attached hydrogen (secondary N) is 1. The van der Waals surface area contributed by atoms with E-state index in [-0.39, 0.29) is 22.1 Å². The number of aromatic nitrogens is 2. The maximum Gasteiger partial charge on any atom is 0.273 e. The van der Waals surface area contributed by atoms with Gasteiger partial charge in [-0.2, -0.15) is 0 Å². The predicted octanol–water partition coefficient (Wildman–Crippen LogP) is 1.99. The van der Waals surface area contributed by atoms with Gasteiger partial charge in [0, 0.05) is 0 Å². The second-order valence-corrected chi connectivity index (χ2v) is 3.94. The Labute approximate surface area is 87.3 Å². The Morgan fingerprint density at radius 1 is 1.64 bits per heavy atom. The molecule has 1 heterocycles. The predicted molar refractivity (Wildman–Crippen MR) is 54.9 cm³/mol. The van der Waals surface area contributed by atoms with Gasteiger partial charge >= 0.3 is 0 Å². The van der Waals surface area contributed by atoms with E-state index in [2.05, 4.69) is 9.97 Å². The quantitative estimate of drug-likeness (QED) is 0.841. The maximum absolute atomic E-state index is 11.1. The largest absolute Gasteiger partial charge is 0.470 e. The fraction of sp³-hybridized carbons (Fsp3) is 0.556. The average Bonchev–Trinajstić information content (AvgIpc) is 2.13. The third-order valence-corrected chi connectivity index (χ3v) is 2.32. The molecule has 0 fully saturated rings. The molecule has 1 rings (SSSR count). The molecule has 0 bridgehead atoms. The monoisotopic (exact) mass is 216 g/mol. The first-order valence-electron chi connectivity index (χ1n) is 4.38. The molecule has 0 radical (unpaired) electrons. The van der Waals surface area contributed by atoms with E-state index in [0.717, 1.165) is 6.42 Å². The summed E-state index contributed by atoms with van der Waals surface area (Å²) in [7, 11) is 0. The van der Waals surface area contributed by atoms with Gasteiger partial charge in [0.25, 0.3) is 5.56 Å². The highest BCUT2D eigenvalue weighted by Crippen LogP contribution is 2.22. The van der Waals surface area contributed by atoms with E-state index < -0.39 is 0 Å². The van der Waals surface area contributed by atoms with Crippen molar-refractivity contribution in [2.75, 3.05) is 0 Å². The second-order valence-electron chi connectivity index (χ2n) is 3.57. The van der Waals surface area contributed by atoms with Crippen molar-refractivity contribution in [2.24, 2.45) is 0 Å². The first-order chi connectivity index (χ1) is 6.46. The molecule has 78 valence electrons. The first kappa shape index (κ1) is 11.0. The Kier molecular flexibility index (Phi) is 3.16. The molecule has 0 saturated carbocycles. The van der Waals surface area contributed by atoms with Gasteiger partial charge in [0.05, 0.1) is 6.33 Å². The summed E-state index contributed by atoms with van der Waals surface area (Å²) in [5.41, 5.74) is -0.756. The van der Waals surface area contributed by atoms with Crippen molar-refractivity contribution >= 4 is 11.6 Å². The van der Waals surface area contributed by atoms with Crippen LogP contribution >= 0.6 is 11.6 Å². The van der Waals surface area contributed by atoms with Gasteiger partial charge in [0.1, 0.15) is 5.60 Å². The molecule has 4 nitrogen and oxygen atoms in total.